The minimum absolute atomic E-state index is 0.257. The van der Waals surface area contributed by atoms with E-state index in [0.29, 0.717) is 19.6 Å². The minimum atomic E-state index is -0.616. The number of esters is 1. The van der Waals surface area contributed by atoms with Crippen LogP contribution in [0.5, 0.6) is 0 Å². The lowest BCUT2D eigenvalue weighted by molar-refractivity contribution is -0.162. The summed E-state index contributed by atoms with van der Waals surface area (Å²) in [5.41, 5.74) is 0.993. The van der Waals surface area contributed by atoms with Crippen LogP contribution < -0.4 is 0 Å². The maximum atomic E-state index is 11.7. The second-order valence-corrected chi connectivity index (χ2v) is 5.34. The maximum absolute atomic E-state index is 11.7. The van der Waals surface area contributed by atoms with Crippen molar-refractivity contribution in [3.8, 4) is 11.8 Å². The molecule has 0 amide bonds. The number of rotatable bonds is 3. The Bertz CT molecular complexity index is 555. The van der Waals surface area contributed by atoms with Gasteiger partial charge in [-0.05, 0) is 24.8 Å². The van der Waals surface area contributed by atoms with E-state index in [2.05, 4.69) is 17.9 Å². The predicted octanol–water partition coefficient (Wildman–Crippen LogP) is 1.92. The highest BCUT2D eigenvalue weighted by Crippen LogP contribution is 2.36. The van der Waals surface area contributed by atoms with E-state index < -0.39 is 17.9 Å². The van der Waals surface area contributed by atoms with Crippen LogP contribution in [0.2, 0.25) is 0 Å². The summed E-state index contributed by atoms with van der Waals surface area (Å²) in [7, 11) is 0. The fraction of sp³-hybridized carbons (Fsp3) is 0.529. The van der Waals surface area contributed by atoms with Gasteiger partial charge in [-0.2, -0.15) is 0 Å². The van der Waals surface area contributed by atoms with E-state index in [-0.39, 0.29) is 5.78 Å². The summed E-state index contributed by atoms with van der Waals surface area (Å²) in [6.45, 7) is 4.22. The normalized spacial score (nSPS) is 21.1. The second kappa shape index (κ2) is 7.39. The zero-order valence-corrected chi connectivity index (χ0v) is 12.9. The average molecular weight is 304 g/mol. The molecule has 1 saturated heterocycles. The molecule has 1 atom stereocenters. The molecule has 0 aromatic carbocycles. The Morgan fingerprint density at radius 1 is 1.41 bits per heavy atom. The molecule has 1 heterocycles. The quantitative estimate of drug-likeness (QED) is 0.345. The van der Waals surface area contributed by atoms with Crippen LogP contribution in [-0.2, 0) is 23.8 Å². The lowest BCUT2D eigenvalue weighted by Crippen LogP contribution is -2.32. The van der Waals surface area contributed by atoms with Crippen molar-refractivity contribution in [2.75, 3.05) is 13.2 Å². The van der Waals surface area contributed by atoms with Crippen molar-refractivity contribution in [2.45, 2.75) is 45.0 Å². The van der Waals surface area contributed by atoms with Gasteiger partial charge in [-0.1, -0.05) is 18.1 Å². The molecular weight excluding hydrogens is 284 g/mol. The highest BCUT2D eigenvalue weighted by Gasteiger charge is 2.38. The third-order valence-electron chi connectivity index (χ3n) is 3.40. The van der Waals surface area contributed by atoms with E-state index in [9.17, 15) is 9.59 Å². The molecule has 5 heteroatoms. The Labute approximate surface area is 130 Å². The van der Waals surface area contributed by atoms with Gasteiger partial charge in [-0.25, -0.2) is 4.79 Å². The van der Waals surface area contributed by atoms with Crippen LogP contribution in [0, 0.1) is 11.8 Å². The van der Waals surface area contributed by atoms with Gasteiger partial charge < -0.3 is 14.2 Å². The molecule has 22 heavy (non-hydrogen) atoms. The largest absolute Gasteiger partial charge is 0.446 e. The Kier molecular flexibility index (Phi) is 5.53. The van der Waals surface area contributed by atoms with Crippen LogP contribution in [0.1, 0.15) is 33.1 Å². The summed E-state index contributed by atoms with van der Waals surface area (Å²) in [6, 6.07) is 0. The number of Topliss-reactive ketones (excluding diaryl/α,β-unsaturated/α-hetero) is 1. The molecule has 1 spiro atoms. The van der Waals surface area contributed by atoms with Crippen molar-refractivity contribution >= 4 is 11.8 Å². The summed E-state index contributed by atoms with van der Waals surface area (Å²) in [5.74, 6) is 3.65. The van der Waals surface area contributed by atoms with Crippen LogP contribution in [0.4, 0.5) is 0 Å². The number of ketones is 1. The molecule has 5 nitrogen and oxygen atoms in total. The summed E-state index contributed by atoms with van der Waals surface area (Å²) >= 11 is 0. The topological polar surface area (TPSA) is 61.8 Å². The zero-order valence-electron chi connectivity index (χ0n) is 12.9. The predicted molar refractivity (Wildman–Crippen MR) is 79.7 cm³/mol. The Hall–Kier alpha value is -1.90. The molecule has 0 saturated carbocycles. The van der Waals surface area contributed by atoms with Gasteiger partial charge in [0.05, 0.1) is 13.2 Å². The van der Waals surface area contributed by atoms with Crippen LogP contribution in [0.15, 0.2) is 23.8 Å². The summed E-state index contributed by atoms with van der Waals surface area (Å²) in [5, 5.41) is 0. The van der Waals surface area contributed by atoms with Gasteiger partial charge in [-0.3, -0.25) is 4.79 Å². The van der Waals surface area contributed by atoms with Crippen molar-refractivity contribution < 1.29 is 23.8 Å². The molecule has 1 aliphatic heterocycles. The molecule has 0 unspecified atom stereocenters. The standard InChI is InChI=1S/C17H20O5/c1-13(18)5-6-14(2)22-16(19)8-7-15-4-3-9-17(12-15)20-10-11-21-17/h4,7-8,14H,3,9-12H2,1-2H3/b8-7+/t14-/m1/s1. The van der Waals surface area contributed by atoms with Gasteiger partial charge in [-0.15, -0.1) is 0 Å². The van der Waals surface area contributed by atoms with Gasteiger partial charge >= 0.3 is 5.97 Å². The van der Waals surface area contributed by atoms with Gasteiger partial charge in [0, 0.05) is 25.8 Å². The van der Waals surface area contributed by atoms with Gasteiger partial charge in [0.15, 0.2) is 11.9 Å². The number of hydrogen-bond donors (Lipinski definition) is 0. The molecule has 0 N–H and O–H groups in total. The molecule has 0 aromatic rings. The monoisotopic (exact) mass is 304 g/mol. The van der Waals surface area contributed by atoms with Crippen molar-refractivity contribution in [1.29, 1.82) is 0 Å². The van der Waals surface area contributed by atoms with Crippen LogP contribution in [-0.4, -0.2) is 36.9 Å². The lowest BCUT2D eigenvalue weighted by Gasteiger charge is -2.30. The maximum Gasteiger partial charge on any atom is 0.331 e. The summed E-state index contributed by atoms with van der Waals surface area (Å²) in [6.07, 6.45) is 6.87. The third-order valence-corrected chi connectivity index (χ3v) is 3.40. The Balaban J connectivity index is 1.86. The van der Waals surface area contributed by atoms with E-state index >= 15 is 0 Å². The number of carbonyl (C=O) groups is 2. The van der Waals surface area contributed by atoms with E-state index in [1.54, 1.807) is 13.0 Å². The first-order valence-corrected chi connectivity index (χ1v) is 7.37. The molecule has 1 fully saturated rings. The number of allylic oxidation sites excluding steroid dienone is 2. The van der Waals surface area contributed by atoms with Gasteiger partial charge in [0.2, 0.25) is 5.78 Å². The smallest absolute Gasteiger partial charge is 0.331 e. The first kappa shape index (κ1) is 16.5. The van der Waals surface area contributed by atoms with Crippen molar-refractivity contribution in [2.24, 2.45) is 0 Å². The van der Waals surface area contributed by atoms with E-state index in [1.807, 2.05) is 0 Å². The Morgan fingerprint density at radius 3 is 2.82 bits per heavy atom. The minimum Gasteiger partial charge on any atom is -0.446 e. The molecule has 2 aliphatic rings. The van der Waals surface area contributed by atoms with Gasteiger partial charge in [0.25, 0.3) is 0 Å². The van der Waals surface area contributed by atoms with E-state index in [0.717, 1.165) is 18.4 Å². The molecular formula is C17H20O5. The Morgan fingerprint density at radius 2 is 2.14 bits per heavy atom. The van der Waals surface area contributed by atoms with E-state index in [4.69, 9.17) is 14.2 Å². The first-order chi connectivity index (χ1) is 10.5. The highest BCUT2D eigenvalue weighted by atomic mass is 16.7. The lowest BCUT2D eigenvalue weighted by atomic mass is 9.93. The van der Waals surface area contributed by atoms with Crippen molar-refractivity contribution in [1.82, 2.24) is 0 Å². The summed E-state index contributed by atoms with van der Waals surface area (Å²) in [4.78, 5) is 22.4. The molecule has 0 aromatic heterocycles. The van der Waals surface area contributed by atoms with E-state index in [1.165, 1.54) is 13.0 Å². The molecule has 118 valence electrons. The number of hydrogen-bond acceptors (Lipinski definition) is 5. The summed E-state index contributed by atoms with van der Waals surface area (Å²) < 4.78 is 16.4. The van der Waals surface area contributed by atoms with Crippen LogP contribution >= 0.6 is 0 Å². The van der Waals surface area contributed by atoms with Crippen LogP contribution in [0.25, 0.3) is 0 Å². The van der Waals surface area contributed by atoms with Gasteiger partial charge in [0.1, 0.15) is 0 Å². The first-order valence-electron chi connectivity index (χ1n) is 7.37. The van der Waals surface area contributed by atoms with Crippen molar-refractivity contribution in [3.63, 3.8) is 0 Å². The van der Waals surface area contributed by atoms with Crippen molar-refractivity contribution in [3.05, 3.63) is 23.8 Å². The molecule has 0 bridgehead atoms. The fourth-order valence-electron chi connectivity index (χ4n) is 2.44. The third kappa shape index (κ3) is 4.83. The zero-order chi connectivity index (χ0) is 16.0. The average Bonchev–Trinajstić information content (AvgIpc) is 2.91. The second-order valence-electron chi connectivity index (χ2n) is 5.34. The SMILES string of the molecule is CC(=O)C#C[C@@H](C)OC(=O)/C=C/C1=CCCC2(C1)OCCO2. The number of ether oxygens (including phenoxy) is 3. The molecule has 0 radical (unpaired) electrons. The van der Waals surface area contributed by atoms with Crippen LogP contribution in [0.3, 0.4) is 0 Å². The number of carbonyl (C=O) groups excluding carboxylic acids is 2. The molecule has 2 rings (SSSR count). The fourth-order valence-corrected chi connectivity index (χ4v) is 2.44. The highest BCUT2D eigenvalue weighted by molar-refractivity contribution is 5.93. The molecule has 1 aliphatic carbocycles.